The highest BCUT2D eigenvalue weighted by atomic mass is 16.5. The molecule has 1 aliphatic carbocycles. The summed E-state index contributed by atoms with van der Waals surface area (Å²) in [7, 11) is 8.88. The number of methoxy groups -OCH3 is 6. The first-order valence-corrected chi connectivity index (χ1v) is 13.8. The molecular formula is C33H36O10. The van der Waals surface area contributed by atoms with Gasteiger partial charge >= 0.3 is 5.97 Å². The average Bonchev–Trinajstić information content (AvgIpc) is 3.02. The van der Waals surface area contributed by atoms with Crippen molar-refractivity contribution in [3.8, 4) is 40.2 Å². The predicted octanol–water partition coefficient (Wildman–Crippen LogP) is 5.53. The standard InChI is InChI=1S/C33H36O10/c1-33-15-21(19-10-8-18(38-3)13-24(19)39-4)27(30(35)20-11-9-17(37-2)12-23(20)34)22(16-33)28-25(40-5)14-26(41-6)29(31(28)43-33)32(36)42-7/h8-14,21-22,27,34H,15-16H2,1-7H3/t21-,22+,27-,33+/m0/s1. The van der Waals surface area contributed by atoms with E-state index in [0.29, 0.717) is 41.4 Å². The van der Waals surface area contributed by atoms with E-state index in [0.717, 1.165) is 5.56 Å². The smallest absolute Gasteiger partial charge is 0.345 e. The van der Waals surface area contributed by atoms with Crippen LogP contribution in [0.25, 0.3) is 0 Å². The van der Waals surface area contributed by atoms with Crippen molar-refractivity contribution in [2.75, 3.05) is 42.7 Å². The Hall–Kier alpha value is -4.60. The molecule has 2 bridgehead atoms. The minimum atomic E-state index is -0.799. The molecule has 1 aliphatic heterocycles. The lowest BCUT2D eigenvalue weighted by Crippen LogP contribution is -2.50. The van der Waals surface area contributed by atoms with Crippen LogP contribution < -0.4 is 28.4 Å². The number of carbonyl (C=O) groups excluding carboxylic acids is 2. The third-order valence-electron chi connectivity index (χ3n) is 8.58. The monoisotopic (exact) mass is 592 g/mol. The lowest BCUT2D eigenvalue weighted by molar-refractivity contribution is -0.00914. The van der Waals surface area contributed by atoms with Gasteiger partial charge in [0, 0.05) is 41.5 Å². The number of carbonyl (C=O) groups is 2. The molecule has 4 atom stereocenters. The highest BCUT2D eigenvalue weighted by Crippen LogP contribution is 2.61. The maximum absolute atomic E-state index is 14.7. The number of rotatable bonds is 9. The summed E-state index contributed by atoms with van der Waals surface area (Å²) in [6.07, 6.45) is 0.852. The van der Waals surface area contributed by atoms with E-state index in [4.69, 9.17) is 33.2 Å². The van der Waals surface area contributed by atoms with Crippen molar-refractivity contribution in [3.63, 3.8) is 0 Å². The number of ether oxygens (including phenoxy) is 7. The summed E-state index contributed by atoms with van der Waals surface area (Å²) in [5, 5.41) is 11.0. The zero-order valence-electron chi connectivity index (χ0n) is 25.3. The molecule has 10 nitrogen and oxygen atoms in total. The zero-order valence-corrected chi connectivity index (χ0v) is 25.3. The van der Waals surface area contributed by atoms with Gasteiger partial charge in [-0.15, -0.1) is 0 Å². The van der Waals surface area contributed by atoms with E-state index in [1.807, 2.05) is 19.1 Å². The molecule has 1 heterocycles. The Morgan fingerprint density at radius 1 is 0.791 bits per heavy atom. The maximum Gasteiger partial charge on any atom is 0.345 e. The summed E-state index contributed by atoms with van der Waals surface area (Å²) < 4.78 is 39.7. The number of aromatic hydroxyl groups is 1. The third kappa shape index (κ3) is 5.04. The molecule has 0 saturated heterocycles. The number of phenolic OH excluding ortho intramolecular Hbond substituents is 1. The van der Waals surface area contributed by atoms with Crippen LogP contribution in [0.5, 0.6) is 40.2 Å². The Morgan fingerprint density at radius 2 is 1.42 bits per heavy atom. The third-order valence-corrected chi connectivity index (χ3v) is 8.58. The first-order chi connectivity index (χ1) is 20.6. The molecule has 10 heteroatoms. The minimum Gasteiger partial charge on any atom is -0.507 e. The van der Waals surface area contributed by atoms with Crippen LogP contribution in [0, 0.1) is 5.92 Å². The highest BCUT2D eigenvalue weighted by molar-refractivity contribution is 6.02. The number of hydrogen-bond donors (Lipinski definition) is 1. The van der Waals surface area contributed by atoms with Gasteiger partial charge in [0.2, 0.25) is 0 Å². The number of ketones is 1. The van der Waals surface area contributed by atoms with E-state index in [1.54, 1.807) is 38.5 Å². The van der Waals surface area contributed by atoms with Crippen molar-refractivity contribution in [2.24, 2.45) is 5.92 Å². The molecule has 2 aliphatic rings. The van der Waals surface area contributed by atoms with Gasteiger partial charge in [-0.1, -0.05) is 6.07 Å². The van der Waals surface area contributed by atoms with Crippen molar-refractivity contribution in [1.29, 1.82) is 0 Å². The molecule has 228 valence electrons. The van der Waals surface area contributed by atoms with Crippen LogP contribution in [0.2, 0.25) is 0 Å². The summed E-state index contributed by atoms with van der Waals surface area (Å²) in [4.78, 5) is 27.8. The topological polar surface area (TPSA) is 119 Å². The largest absolute Gasteiger partial charge is 0.507 e. The molecule has 5 rings (SSSR count). The van der Waals surface area contributed by atoms with Crippen LogP contribution in [0.15, 0.2) is 42.5 Å². The van der Waals surface area contributed by atoms with Crippen molar-refractivity contribution in [1.82, 2.24) is 0 Å². The Labute approximate surface area is 250 Å². The van der Waals surface area contributed by atoms with E-state index in [1.165, 1.54) is 34.5 Å². The van der Waals surface area contributed by atoms with Crippen molar-refractivity contribution in [2.45, 2.75) is 37.2 Å². The average molecular weight is 593 g/mol. The molecule has 0 aromatic heterocycles. The van der Waals surface area contributed by atoms with Crippen LogP contribution in [0.3, 0.4) is 0 Å². The summed E-state index contributed by atoms with van der Waals surface area (Å²) in [5.41, 5.74) is 0.825. The van der Waals surface area contributed by atoms with Gasteiger partial charge in [0.1, 0.15) is 51.4 Å². The normalized spacial score (nSPS) is 22.0. The quantitative estimate of drug-likeness (QED) is 0.251. The summed E-state index contributed by atoms with van der Waals surface area (Å²) >= 11 is 0. The summed E-state index contributed by atoms with van der Waals surface area (Å²) in [6.45, 7) is 1.96. The molecule has 0 radical (unpaired) electrons. The number of phenols is 1. The molecule has 1 N–H and O–H groups in total. The molecule has 1 fully saturated rings. The van der Waals surface area contributed by atoms with Crippen LogP contribution >= 0.6 is 0 Å². The fourth-order valence-electron chi connectivity index (χ4n) is 6.69. The van der Waals surface area contributed by atoms with Crippen LogP contribution in [-0.2, 0) is 4.74 Å². The van der Waals surface area contributed by atoms with E-state index in [-0.39, 0.29) is 34.2 Å². The molecule has 43 heavy (non-hydrogen) atoms. The van der Waals surface area contributed by atoms with Gasteiger partial charge in [-0.25, -0.2) is 4.79 Å². The fraction of sp³-hybridized carbons (Fsp3) is 0.394. The molecule has 1 saturated carbocycles. The van der Waals surface area contributed by atoms with Crippen molar-refractivity contribution in [3.05, 3.63) is 64.7 Å². The Morgan fingerprint density at radius 3 is 2.02 bits per heavy atom. The first-order valence-electron chi connectivity index (χ1n) is 13.8. The number of esters is 1. The van der Waals surface area contributed by atoms with Crippen molar-refractivity contribution < 1.29 is 47.9 Å². The zero-order chi connectivity index (χ0) is 31.1. The molecule has 3 aromatic carbocycles. The Balaban J connectivity index is 1.79. The Bertz CT molecular complexity index is 1560. The van der Waals surface area contributed by atoms with Gasteiger partial charge < -0.3 is 38.3 Å². The van der Waals surface area contributed by atoms with Gasteiger partial charge in [0.25, 0.3) is 0 Å². The Kier molecular flexibility index (Phi) is 8.05. The van der Waals surface area contributed by atoms with E-state index in [9.17, 15) is 14.7 Å². The maximum atomic E-state index is 14.7. The predicted molar refractivity (Wildman–Crippen MR) is 157 cm³/mol. The number of Topliss-reactive ketones (excluding diaryl/α,β-unsaturated/α-hetero) is 1. The second kappa shape index (κ2) is 11.6. The second-order valence-corrected chi connectivity index (χ2v) is 10.9. The highest BCUT2D eigenvalue weighted by Gasteiger charge is 2.55. The molecule has 0 spiro atoms. The molecule has 0 amide bonds. The fourth-order valence-corrected chi connectivity index (χ4v) is 6.69. The minimum absolute atomic E-state index is 0.121. The van der Waals surface area contributed by atoms with Crippen LogP contribution in [0.4, 0.5) is 0 Å². The van der Waals surface area contributed by atoms with Gasteiger partial charge in [-0.3, -0.25) is 4.79 Å². The summed E-state index contributed by atoms with van der Waals surface area (Å²) in [5.74, 6) is -0.238. The van der Waals surface area contributed by atoms with E-state index < -0.39 is 29.3 Å². The number of benzene rings is 3. The van der Waals surface area contributed by atoms with Crippen molar-refractivity contribution >= 4 is 11.8 Å². The van der Waals surface area contributed by atoms with Gasteiger partial charge in [-0.2, -0.15) is 0 Å². The molecule has 3 aromatic rings. The van der Waals surface area contributed by atoms with Gasteiger partial charge in [0.15, 0.2) is 5.78 Å². The van der Waals surface area contributed by atoms with Gasteiger partial charge in [-0.05, 0) is 43.5 Å². The van der Waals surface area contributed by atoms with E-state index >= 15 is 0 Å². The lowest BCUT2D eigenvalue weighted by atomic mass is 9.58. The van der Waals surface area contributed by atoms with Crippen LogP contribution in [-0.4, -0.2) is 65.1 Å². The van der Waals surface area contributed by atoms with Gasteiger partial charge in [0.05, 0.1) is 48.2 Å². The number of hydrogen-bond acceptors (Lipinski definition) is 10. The molecule has 0 unspecified atom stereocenters. The SMILES string of the molecule is COC(=O)c1c(OC)cc(OC)c2c1O[C@]1(C)C[C@@H](c3ccc(OC)cc3OC)[C@H](C(=O)c3ccc(OC)cc3O)[C@H]2C1. The first kappa shape index (κ1) is 29.9. The van der Waals surface area contributed by atoms with Crippen LogP contribution in [0.1, 0.15) is 63.4 Å². The number of fused-ring (bicyclic) bond motifs is 4. The summed E-state index contributed by atoms with van der Waals surface area (Å²) in [6, 6.07) is 11.7. The molecular weight excluding hydrogens is 556 g/mol. The van der Waals surface area contributed by atoms with E-state index in [2.05, 4.69) is 0 Å². The second-order valence-electron chi connectivity index (χ2n) is 10.9. The lowest BCUT2D eigenvalue weighted by Gasteiger charge is -2.51.